The SMILES string of the molecule is CCOC(=O)C1=C(C)Nc2nnnn2C1c1sccc1Br. The molecular formula is C12H12BrN5O2S. The molecular weight excluding hydrogens is 358 g/mol. The maximum atomic E-state index is 12.3. The maximum Gasteiger partial charge on any atom is 0.338 e. The van der Waals surface area contributed by atoms with Gasteiger partial charge in [0.2, 0.25) is 5.95 Å². The molecule has 0 bridgehead atoms. The van der Waals surface area contributed by atoms with Gasteiger partial charge in [-0.1, -0.05) is 5.10 Å². The number of tetrazole rings is 1. The molecule has 2 aromatic rings. The molecule has 1 atom stereocenters. The molecule has 110 valence electrons. The van der Waals surface area contributed by atoms with Crippen LogP contribution in [0.5, 0.6) is 0 Å². The van der Waals surface area contributed by atoms with E-state index in [0.717, 1.165) is 9.35 Å². The average molecular weight is 370 g/mol. The van der Waals surface area contributed by atoms with Crippen LogP contribution in [-0.4, -0.2) is 32.8 Å². The third kappa shape index (κ3) is 2.36. The topological polar surface area (TPSA) is 81.9 Å². The zero-order chi connectivity index (χ0) is 15.0. The lowest BCUT2D eigenvalue weighted by molar-refractivity contribution is -0.139. The number of esters is 1. The minimum Gasteiger partial charge on any atom is -0.463 e. The van der Waals surface area contributed by atoms with Gasteiger partial charge in [-0.15, -0.1) is 11.3 Å². The van der Waals surface area contributed by atoms with Gasteiger partial charge in [0.25, 0.3) is 0 Å². The number of halogens is 1. The summed E-state index contributed by atoms with van der Waals surface area (Å²) in [6.07, 6.45) is 0. The van der Waals surface area contributed by atoms with Crippen LogP contribution in [0, 0.1) is 0 Å². The number of ether oxygens (including phenoxy) is 1. The van der Waals surface area contributed by atoms with Gasteiger partial charge in [-0.3, -0.25) is 0 Å². The van der Waals surface area contributed by atoms with E-state index in [1.54, 1.807) is 11.6 Å². The largest absolute Gasteiger partial charge is 0.463 e. The summed E-state index contributed by atoms with van der Waals surface area (Å²) in [5.41, 5.74) is 1.21. The molecule has 21 heavy (non-hydrogen) atoms. The molecule has 0 aromatic carbocycles. The molecule has 0 amide bonds. The summed E-state index contributed by atoms with van der Waals surface area (Å²) in [7, 11) is 0. The Kier molecular flexibility index (Phi) is 3.77. The summed E-state index contributed by atoms with van der Waals surface area (Å²) in [6, 6.07) is 1.54. The molecule has 1 aliphatic heterocycles. The van der Waals surface area contributed by atoms with Crippen LogP contribution in [0.4, 0.5) is 5.95 Å². The maximum absolute atomic E-state index is 12.3. The molecule has 1 aliphatic rings. The number of nitrogens with zero attached hydrogens (tertiary/aromatic N) is 4. The van der Waals surface area contributed by atoms with Crippen molar-refractivity contribution in [3.05, 3.63) is 32.1 Å². The van der Waals surface area contributed by atoms with Crippen molar-refractivity contribution in [3.63, 3.8) is 0 Å². The Morgan fingerprint density at radius 2 is 2.43 bits per heavy atom. The second-order valence-electron chi connectivity index (χ2n) is 4.37. The van der Waals surface area contributed by atoms with Crippen LogP contribution in [0.1, 0.15) is 24.8 Å². The number of carbonyl (C=O) groups is 1. The minimum absolute atomic E-state index is 0.316. The van der Waals surface area contributed by atoms with Crippen molar-refractivity contribution in [2.75, 3.05) is 11.9 Å². The number of allylic oxidation sites excluding steroid dienone is 1. The van der Waals surface area contributed by atoms with Crippen LogP contribution in [0.2, 0.25) is 0 Å². The highest BCUT2D eigenvalue weighted by Crippen LogP contribution is 2.40. The standard InChI is InChI=1S/C12H12BrN5O2S/c1-3-20-11(19)8-6(2)14-12-15-16-17-18(12)9(8)10-7(13)4-5-21-10/h4-5,9H,3H2,1-2H3,(H,14,15,17). The number of hydrogen-bond donors (Lipinski definition) is 1. The Hall–Kier alpha value is -1.74. The Balaban J connectivity index is 2.16. The first-order chi connectivity index (χ1) is 10.1. The predicted molar refractivity (Wildman–Crippen MR) is 80.9 cm³/mol. The lowest BCUT2D eigenvalue weighted by atomic mass is 10.0. The normalized spacial score (nSPS) is 17.4. The van der Waals surface area contributed by atoms with E-state index in [4.69, 9.17) is 4.74 Å². The number of fused-ring (bicyclic) bond motifs is 1. The van der Waals surface area contributed by atoms with E-state index >= 15 is 0 Å². The monoisotopic (exact) mass is 369 g/mol. The molecule has 0 aliphatic carbocycles. The molecule has 3 heterocycles. The second kappa shape index (κ2) is 5.57. The molecule has 0 radical (unpaired) electrons. The van der Waals surface area contributed by atoms with Crippen molar-refractivity contribution in [2.24, 2.45) is 0 Å². The number of thiophene rings is 1. The highest BCUT2D eigenvalue weighted by atomic mass is 79.9. The van der Waals surface area contributed by atoms with Crippen molar-refractivity contribution in [1.29, 1.82) is 0 Å². The highest BCUT2D eigenvalue weighted by molar-refractivity contribution is 9.10. The number of aromatic nitrogens is 4. The van der Waals surface area contributed by atoms with Crippen LogP contribution in [0.15, 0.2) is 27.2 Å². The number of carbonyl (C=O) groups excluding carboxylic acids is 1. The lowest BCUT2D eigenvalue weighted by Crippen LogP contribution is -2.29. The van der Waals surface area contributed by atoms with Crippen molar-refractivity contribution >= 4 is 39.2 Å². The fraction of sp³-hybridized carbons (Fsp3) is 0.333. The first-order valence-electron chi connectivity index (χ1n) is 6.29. The van der Waals surface area contributed by atoms with E-state index in [1.807, 2.05) is 18.4 Å². The van der Waals surface area contributed by atoms with E-state index in [-0.39, 0.29) is 5.97 Å². The number of anilines is 1. The molecule has 0 fully saturated rings. The minimum atomic E-state index is -0.398. The van der Waals surface area contributed by atoms with Crippen LogP contribution in [-0.2, 0) is 9.53 Å². The van der Waals surface area contributed by atoms with Gasteiger partial charge < -0.3 is 10.1 Å². The molecule has 2 aromatic heterocycles. The first-order valence-corrected chi connectivity index (χ1v) is 7.96. The molecule has 1 unspecified atom stereocenters. The van der Waals surface area contributed by atoms with Gasteiger partial charge in [0, 0.05) is 15.0 Å². The van der Waals surface area contributed by atoms with E-state index in [1.165, 1.54) is 11.3 Å². The molecule has 3 rings (SSSR count). The van der Waals surface area contributed by atoms with Crippen LogP contribution in [0.3, 0.4) is 0 Å². The van der Waals surface area contributed by atoms with Gasteiger partial charge in [0.15, 0.2) is 0 Å². The van der Waals surface area contributed by atoms with Crippen LogP contribution < -0.4 is 5.32 Å². The molecule has 9 heteroatoms. The van der Waals surface area contributed by atoms with E-state index in [2.05, 4.69) is 36.8 Å². The fourth-order valence-electron chi connectivity index (χ4n) is 2.23. The molecule has 0 saturated heterocycles. The van der Waals surface area contributed by atoms with E-state index in [9.17, 15) is 4.79 Å². The Morgan fingerprint density at radius 3 is 3.10 bits per heavy atom. The van der Waals surface area contributed by atoms with Crippen molar-refractivity contribution in [3.8, 4) is 0 Å². The average Bonchev–Trinajstić information content (AvgIpc) is 3.06. The Morgan fingerprint density at radius 1 is 1.62 bits per heavy atom. The van der Waals surface area contributed by atoms with Gasteiger partial charge in [0.05, 0.1) is 12.2 Å². The van der Waals surface area contributed by atoms with Gasteiger partial charge in [-0.25, -0.2) is 4.79 Å². The van der Waals surface area contributed by atoms with Gasteiger partial charge >= 0.3 is 5.97 Å². The third-order valence-corrected chi connectivity index (χ3v) is 5.03. The molecule has 0 spiro atoms. The molecule has 1 N–H and O–H groups in total. The number of hydrogen-bond acceptors (Lipinski definition) is 7. The van der Waals surface area contributed by atoms with Crippen LogP contribution in [0.25, 0.3) is 0 Å². The van der Waals surface area contributed by atoms with Crippen LogP contribution >= 0.6 is 27.3 Å². The molecule has 7 nitrogen and oxygen atoms in total. The van der Waals surface area contributed by atoms with Crippen molar-refractivity contribution in [2.45, 2.75) is 19.9 Å². The van der Waals surface area contributed by atoms with Crippen molar-refractivity contribution < 1.29 is 9.53 Å². The third-order valence-electron chi connectivity index (χ3n) is 3.10. The van der Waals surface area contributed by atoms with Crippen molar-refractivity contribution in [1.82, 2.24) is 20.2 Å². The lowest BCUT2D eigenvalue weighted by Gasteiger charge is -2.26. The Labute approximate surface area is 133 Å². The van der Waals surface area contributed by atoms with Gasteiger partial charge in [-0.05, 0) is 51.7 Å². The predicted octanol–water partition coefficient (Wildman–Crippen LogP) is 2.35. The summed E-state index contributed by atoms with van der Waals surface area (Å²) >= 11 is 5.04. The first kappa shape index (κ1) is 14.2. The highest BCUT2D eigenvalue weighted by Gasteiger charge is 2.36. The number of nitrogens with one attached hydrogen (secondary N) is 1. The van der Waals surface area contributed by atoms with Gasteiger partial charge in [0.1, 0.15) is 6.04 Å². The fourth-order valence-corrected chi connectivity index (χ4v) is 3.91. The zero-order valence-corrected chi connectivity index (χ0v) is 13.7. The second-order valence-corrected chi connectivity index (χ2v) is 6.17. The zero-order valence-electron chi connectivity index (χ0n) is 11.3. The van der Waals surface area contributed by atoms with E-state index in [0.29, 0.717) is 23.8 Å². The molecule has 0 saturated carbocycles. The quantitative estimate of drug-likeness (QED) is 0.836. The van der Waals surface area contributed by atoms with Gasteiger partial charge in [-0.2, -0.15) is 4.68 Å². The summed E-state index contributed by atoms with van der Waals surface area (Å²) in [5.74, 6) is 0.139. The number of rotatable bonds is 3. The van der Waals surface area contributed by atoms with E-state index < -0.39 is 6.04 Å². The summed E-state index contributed by atoms with van der Waals surface area (Å²) < 4.78 is 7.69. The summed E-state index contributed by atoms with van der Waals surface area (Å²) in [4.78, 5) is 13.3. The smallest absolute Gasteiger partial charge is 0.338 e. The summed E-state index contributed by atoms with van der Waals surface area (Å²) in [5, 5.41) is 16.6. The Bertz CT molecular complexity index is 723. The summed E-state index contributed by atoms with van der Waals surface area (Å²) in [6.45, 7) is 3.91.